The fourth-order valence-corrected chi connectivity index (χ4v) is 3.01. The maximum Gasteiger partial charge on any atom is 0.385 e. The molecule has 0 aromatic heterocycles. The van der Waals surface area contributed by atoms with E-state index in [0.29, 0.717) is 12.2 Å². The number of carbonyl (C=O) groups is 1. The third-order valence-corrected chi connectivity index (χ3v) is 5.18. The highest BCUT2D eigenvalue weighted by Crippen LogP contribution is 2.28. The van der Waals surface area contributed by atoms with E-state index in [-0.39, 0.29) is 25.7 Å². The summed E-state index contributed by atoms with van der Waals surface area (Å²) < 4.78 is 35.5. The number of rotatable bonds is 5. The van der Waals surface area contributed by atoms with Crippen molar-refractivity contribution in [3.05, 3.63) is 29.8 Å². The van der Waals surface area contributed by atoms with Crippen molar-refractivity contribution in [2.45, 2.75) is 33.7 Å². The van der Waals surface area contributed by atoms with Gasteiger partial charge in [0, 0.05) is 12.1 Å². The first-order valence-electron chi connectivity index (χ1n) is 7.21. The van der Waals surface area contributed by atoms with E-state index in [1.807, 2.05) is 19.1 Å². The number of hydrogen-bond donors (Lipinski definition) is 0. The van der Waals surface area contributed by atoms with E-state index in [2.05, 4.69) is 0 Å². The van der Waals surface area contributed by atoms with Crippen molar-refractivity contribution in [1.29, 1.82) is 0 Å². The molecular weight excluding hydrogens is 306 g/mol. The van der Waals surface area contributed by atoms with Crippen LogP contribution in [0.25, 0.3) is 0 Å². The minimum absolute atomic E-state index is 0.00696. The SMILES string of the molecule is CCC(C)(C)C(=O)OCCN1Cc2ccccc2OS1(=O)=O. The zero-order valence-corrected chi connectivity index (χ0v) is 13.9. The second-order valence-electron chi connectivity index (χ2n) is 5.86. The van der Waals surface area contributed by atoms with Crippen LogP contribution >= 0.6 is 0 Å². The van der Waals surface area contributed by atoms with E-state index in [9.17, 15) is 13.2 Å². The van der Waals surface area contributed by atoms with Crippen LogP contribution in [-0.4, -0.2) is 31.8 Å². The fourth-order valence-electron chi connectivity index (χ4n) is 1.92. The Kier molecular flexibility index (Phi) is 4.77. The molecule has 0 unspecified atom stereocenters. The van der Waals surface area contributed by atoms with Gasteiger partial charge in [-0.25, -0.2) is 0 Å². The summed E-state index contributed by atoms with van der Waals surface area (Å²) in [7, 11) is -3.83. The van der Waals surface area contributed by atoms with Crippen LogP contribution in [-0.2, 0) is 26.4 Å². The Morgan fingerprint density at radius 2 is 2.05 bits per heavy atom. The van der Waals surface area contributed by atoms with Gasteiger partial charge < -0.3 is 8.92 Å². The number of para-hydroxylation sites is 1. The molecule has 1 aromatic rings. The molecule has 0 saturated carbocycles. The normalized spacial score (nSPS) is 17.4. The van der Waals surface area contributed by atoms with Gasteiger partial charge in [-0.3, -0.25) is 4.79 Å². The zero-order valence-electron chi connectivity index (χ0n) is 13.0. The number of esters is 1. The molecule has 1 aliphatic rings. The van der Waals surface area contributed by atoms with Crippen LogP contribution in [0.4, 0.5) is 0 Å². The summed E-state index contributed by atoms with van der Waals surface area (Å²) in [5, 5.41) is 0. The van der Waals surface area contributed by atoms with Gasteiger partial charge in [0.1, 0.15) is 12.4 Å². The lowest BCUT2D eigenvalue weighted by Crippen LogP contribution is -2.40. The van der Waals surface area contributed by atoms with Crippen molar-refractivity contribution in [2.75, 3.05) is 13.2 Å². The summed E-state index contributed by atoms with van der Waals surface area (Å²) in [6, 6.07) is 6.97. The Morgan fingerprint density at radius 3 is 2.73 bits per heavy atom. The second kappa shape index (κ2) is 6.26. The summed E-state index contributed by atoms with van der Waals surface area (Å²) in [5.74, 6) is 0.0218. The Hall–Kier alpha value is -1.60. The van der Waals surface area contributed by atoms with Gasteiger partial charge in [0.2, 0.25) is 0 Å². The molecule has 0 radical (unpaired) electrons. The molecule has 0 aliphatic carbocycles. The first kappa shape index (κ1) is 16.8. The summed E-state index contributed by atoms with van der Waals surface area (Å²) in [4.78, 5) is 11.9. The highest BCUT2D eigenvalue weighted by Gasteiger charge is 2.32. The van der Waals surface area contributed by atoms with Crippen LogP contribution in [0.15, 0.2) is 24.3 Å². The maximum absolute atomic E-state index is 12.0. The minimum Gasteiger partial charge on any atom is -0.464 e. The van der Waals surface area contributed by atoms with E-state index in [1.165, 1.54) is 4.31 Å². The summed E-state index contributed by atoms with van der Waals surface area (Å²) in [6.45, 7) is 5.79. The highest BCUT2D eigenvalue weighted by atomic mass is 32.2. The molecule has 0 spiro atoms. The second-order valence-corrected chi connectivity index (χ2v) is 7.39. The molecule has 1 aliphatic heterocycles. The third-order valence-electron chi connectivity index (χ3n) is 3.84. The van der Waals surface area contributed by atoms with Crippen LogP contribution in [0.3, 0.4) is 0 Å². The van der Waals surface area contributed by atoms with Crippen molar-refractivity contribution in [2.24, 2.45) is 5.41 Å². The largest absolute Gasteiger partial charge is 0.464 e. The maximum atomic E-state index is 12.0. The van der Waals surface area contributed by atoms with Crippen LogP contribution in [0.2, 0.25) is 0 Å². The molecule has 1 heterocycles. The molecule has 7 heteroatoms. The third kappa shape index (κ3) is 3.59. The van der Waals surface area contributed by atoms with Crippen molar-refractivity contribution < 1.29 is 22.1 Å². The first-order chi connectivity index (χ1) is 10.3. The molecule has 0 atom stereocenters. The van der Waals surface area contributed by atoms with Gasteiger partial charge in [-0.05, 0) is 26.3 Å². The van der Waals surface area contributed by atoms with Crippen LogP contribution in [0, 0.1) is 5.41 Å². The Morgan fingerprint density at radius 1 is 1.36 bits per heavy atom. The molecule has 22 heavy (non-hydrogen) atoms. The lowest BCUT2D eigenvalue weighted by molar-refractivity contribution is -0.154. The molecule has 122 valence electrons. The van der Waals surface area contributed by atoms with Gasteiger partial charge in [-0.1, -0.05) is 25.1 Å². The predicted molar refractivity (Wildman–Crippen MR) is 81.4 cm³/mol. The molecule has 0 fully saturated rings. The van der Waals surface area contributed by atoms with Gasteiger partial charge in [-0.2, -0.15) is 12.7 Å². The van der Waals surface area contributed by atoms with Crippen molar-refractivity contribution >= 4 is 16.3 Å². The molecular formula is C15H21NO5S. The van der Waals surface area contributed by atoms with E-state index in [4.69, 9.17) is 8.92 Å². The smallest absolute Gasteiger partial charge is 0.385 e. The average Bonchev–Trinajstić information content (AvgIpc) is 2.46. The average molecular weight is 327 g/mol. The monoisotopic (exact) mass is 327 g/mol. The van der Waals surface area contributed by atoms with Crippen molar-refractivity contribution in [3.8, 4) is 5.75 Å². The summed E-state index contributed by atoms with van der Waals surface area (Å²) in [5.41, 5.74) is 0.224. The minimum atomic E-state index is -3.83. The topological polar surface area (TPSA) is 72.9 Å². The number of fused-ring (bicyclic) bond motifs is 1. The van der Waals surface area contributed by atoms with Crippen LogP contribution in [0.1, 0.15) is 32.8 Å². The number of hydrogen-bond acceptors (Lipinski definition) is 5. The molecule has 0 saturated heterocycles. The lowest BCUT2D eigenvalue weighted by Gasteiger charge is -2.28. The Labute approximate surface area is 131 Å². The van der Waals surface area contributed by atoms with Crippen molar-refractivity contribution in [1.82, 2.24) is 4.31 Å². The Bertz CT molecular complexity index is 654. The van der Waals surface area contributed by atoms with E-state index in [0.717, 1.165) is 5.56 Å². The number of benzene rings is 1. The first-order valence-corrected chi connectivity index (χ1v) is 8.57. The lowest BCUT2D eigenvalue weighted by atomic mass is 9.91. The molecule has 0 bridgehead atoms. The van der Waals surface area contributed by atoms with Crippen LogP contribution in [0.5, 0.6) is 5.75 Å². The van der Waals surface area contributed by atoms with Gasteiger partial charge in [0.05, 0.1) is 12.0 Å². The summed E-state index contributed by atoms with van der Waals surface area (Å²) >= 11 is 0. The van der Waals surface area contributed by atoms with Gasteiger partial charge >= 0.3 is 16.3 Å². The van der Waals surface area contributed by atoms with Gasteiger partial charge in [0.15, 0.2) is 0 Å². The van der Waals surface area contributed by atoms with Gasteiger partial charge in [-0.15, -0.1) is 0 Å². The molecule has 1 aromatic carbocycles. The van der Waals surface area contributed by atoms with Crippen molar-refractivity contribution in [3.63, 3.8) is 0 Å². The summed E-state index contributed by atoms with van der Waals surface area (Å²) in [6.07, 6.45) is 0.657. The molecule has 2 rings (SSSR count). The van der Waals surface area contributed by atoms with Crippen LogP contribution < -0.4 is 4.18 Å². The number of ether oxygens (including phenoxy) is 1. The molecule has 0 amide bonds. The van der Waals surface area contributed by atoms with Gasteiger partial charge in [0.25, 0.3) is 0 Å². The highest BCUT2D eigenvalue weighted by molar-refractivity contribution is 7.84. The predicted octanol–water partition coefficient (Wildman–Crippen LogP) is 2.11. The van der Waals surface area contributed by atoms with E-state index in [1.54, 1.807) is 26.0 Å². The standard InChI is InChI=1S/C15H21NO5S/c1-4-15(2,3)14(17)20-10-9-16-11-12-7-5-6-8-13(12)21-22(16,18)19/h5-8H,4,9-11H2,1-3H3. The molecule has 6 nitrogen and oxygen atoms in total. The van der Waals surface area contributed by atoms with E-state index < -0.39 is 15.7 Å². The number of nitrogens with zero attached hydrogens (tertiary/aromatic N) is 1. The Balaban J connectivity index is 1.98. The van der Waals surface area contributed by atoms with E-state index >= 15 is 0 Å². The number of carbonyl (C=O) groups excluding carboxylic acids is 1. The molecule has 0 N–H and O–H groups in total. The fraction of sp³-hybridized carbons (Fsp3) is 0.533. The zero-order chi connectivity index (χ0) is 16.4. The quantitative estimate of drug-likeness (QED) is 0.775.